The molecule has 5 aromatic rings. The van der Waals surface area contributed by atoms with E-state index in [-0.39, 0.29) is 112 Å². The predicted molar refractivity (Wildman–Crippen MR) is 272 cm³/mol. The number of thioether (sulfide) groups is 1. The van der Waals surface area contributed by atoms with Crippen LogP contribution in [-0.2, 0) is 53.4 Å². The predicted octanol–water partition coefficient (Wildman–Crippen LogP) is 9.04. The highest BCUT2D eigenvalue weighted by Crippen LogP contribution is 2.40. The second-order valence-corrected chi connectivity index (χ2v) is 22.1. The first-order valence-corrected chi connectivity index (χ1v) is 27.3. The Morgan fingerprint density at radius 1 is 0.908 bits per heavy atom. The maximum atomic E-state index is 15.2. The number of pyridine rings is 1. The van der Waals surface area contributed by atoms with Crippen molar-refractivity contribution in [2.75, 3.05) is 43.4 Å². The average molecular weight is 1130 g/mol. The first kappa shape index (κ1) is 55.9. The Balaban J connectivity index is 0.00000249. The minimum absolute atomic E-state index is 0.0199. The number of aromatic nitrogens is 1. The van der Waals surface area contributed by atoms with Crippen LogP contribution in [0.2, 0.25) is 10.0 Å². The van der Waals surface area contributed by atoms with Gasteiger partial charge in [-0.2, -0.15) is 17.8 Å². The van der Waals surface area contributed by atoms with Crippen LogP contribution in [0.1, 0.15) is 64.4 Å². The number of benzene rings is 4. The number of carboxylic acid groups (broad SMARTS) is 1. The van der Waals surface area contributed by atoms with E-state index in [1.54, 1.807) is 24.3 Å². The van der Waals surface area contributed by atoms with Crippen LogP contribution < -0.4 is 19.1 Å². The molecule has 0 radical (unpaired) electrons. The third-order valence-corrected chi connectivity index (χ3v) is 16.9. The lowest BCUT2D eigenvalue weighted by molar-refractivity contribution is -0.605. The van der Waals surface area contributed by atoms with Gasteiger partial charge in [-0.15, -0.1) is 11.8 Å². The number of nitrogens with zero attached hydrogens (tertiary/aromatic N) is 4. The van der Waals surface area contributed by atoms with E-state index in [4.69, 9.17) is 56.8 Å². The zero-order valence-corrected chi connectivity index (χ0v) is 43.5. The summed E-state index contributed by atoms with van der Waals surface area (Å²) in [5.41, 5.74) is 1.42. The van der Waals surface area contributed by atoms with Crippen LogP contribution >= 0.6 is 35.0 Å². The number of anilines is 1. The summed E-state index contributed by atoms with van der Waals surface area (Å²) in [5.74, 6) is -1.93. The zero-order chi connectivity index (χ0) is 54.1. The highest BCUT2D eigenvalue weighted by Gasteiger charge is 2.43. The molecule has 0 spiro atoms. The lowest BCUT2D eigenvalue weighted by atomic mass is 9.86. The fourth-order valence-electron chi connectivity index (χ4n) is 9.05. The summed E-state index contributed by atoms with van der Waals surface area (Å²) in [4.78, 5) is 53.1. The van der Waals surface area contributed by atoms with Crippen LogP contribution in [-0.4, -0.2) is 104 Å². The number of carbonyl (C=O) groups excluding carboxylic acids is 3. The van der Waals surface area contributed by atoms with Crippen molar-refractivity contribution >= 4 is 75.2 Å². The second-order valence-electron chi connectivity index (χ2n) is 18.2. The molecule has 1 amide bonds. The third kappa shape index (κ3) is 14.0. The van der Waals surface area contributed by atoms with Crippen molar-refractivity contribution in [3.05, 3.63) is 152 Å². The van der Waals surface area contributed by atoms with E-state index in [0.717, 1.165) is 67.2 Å². The molecule has 4 aliphatic heterocycles. The van der Waals surface area contributed by atoms with E-state index in [1.807, 2.05) is 0 Å². The zero-order valence-electron chi connectivity index (χ0n) is 40.4. The lowest BCUT2D eigenvalue weighted by Crippen LogP contribution is -2.53. The van der Waals surface area contributed by atoms with Crippen LogP contribution in [0.25, 0.3) is 0 Å². The smallest absolute Gasteiger partial charge is 0.415 e. The molecule has 404 valence electrons. The van der Waals surface area contributed by atoms with Gasteiger partial charge in [0.25, 0.3) is 6.47 Å². The number of hydrogen-bond acceptors (Lipinski definition) is 14. The van der Waals surface area contributed by atoms with E-state index in [9.17, 15) is 36.8 Å². The van der Waals surface area contributed by atoms with Crippen LogP contribution in [0.5, 0.6) is 11.5 Å². The van der Waals surface area contributed by atoms with Gasteiger partial charge in [0.1, 0.15) is 34.7 Å². The number of rotatable bonds is 19. The minimum Gasteiger partial charge on any atom is -0.619 e. The lowest BCUT2D eigenvalue weighted by Gasteiger charge is -2.44. The van der Waals surface area contributed by atoms with Gasteiger partial charge in [-0.3, -0.25) is 14.6 Å². The van der Waals surface area contributed by atoms with Crippen molar-refractivity contribution in [2.24, 2.45) is 11.8 Å². The molecule has 5 aliphatic rings. The molecule has 3 atom stereocenters. The topological polar surface area (TPSA) is 205 Å². The van der Waals surface area contributed by atoms with Crippen LogP contribution in [0, 0.1) is 22.9 Å². The average Bonchev–Trinajstić information content (AvgIpc) is 4.09. The van der Waals surface area contributed by atoms with Gasteiger partial charge in [-0.05, 0) is 116 Å². The van der Waals surface area contributed by atoms with Gasteiger partial charge >= 0.3 is 24.6 Å². The standard InChI is InChI=1S/C51H49Cl2F3N4O11S2.CH2O2/c52-39-26-58(64)27-40(53)38(39)24-44(35-13-14-43(70-50(55)56)45(23-35)67-29-31-11-12-31)69-49(62)47-60(19-20-72-47)73(65,66)37-8-4-6-33(22-37)30-68-48(61)36-7-3-5-32(21-36)25-59(42-10-2-1-9-41(42)54)51(63)71-46-28-57-17-15-34(46)16-18-57;2-1-3/h1-10,13-14,21-23,26-27,31,34,44,46-47,50H,11-12,15-20,24-25,28-30H2;1H,(H,2,3). The van der Waals surface area contributed by atoms with Crippen LogP contribution in [0.4, 0.5) is 23.7 Å². The molecule has 1 aliphatic carbocycles. The summed E-state index contributed by atoms with van der Waals surface area (Å²) in [7, 11) is -4.41. The Morgan fingerprint density at radius 3 is 2.30 bits per heavy atom. The summed E-state index contributed by atoms with van der Waals surface area (Å²) < 4.78 is 100. The Kier molecular flexibility index (Phi) is 18.6. The molecular weight excluding hydrogens is 1080 g/mol. The number of sulfonamides is 1. The molecule has 1 N–H and O–H groups in total. The summed E-state index contributed by atoms with van der Waals surface area (Å²) in [6.07, 6.45) is 3.27. The molecule has 2 bridgehead atoms. The van der Waals surface area contributed by atoms with Gasteiger partial charge < -0.3 is 34.0 Å². The number of hydrogen-bond donors (Lipinski definition) is 1. The summed E-state index contributed by atoms with van der Waals surface area (Å²) in [5, 5.41) is 17.5. The maximum Gasteiger partial charge on any atom is 0.415 e. The highest BCUT2D eigenvalue weighted by molar-refractivity contribution is 8.02. The van der Waals surface area contributed by atoms with E-state index in [1.165, 1.54) is 71.6 Å². The number of halogens is 5. The number of para-hydroxylation sites is 1. The number of amides is 1. The number of piperidine rings is 3. The van der Waals surface area contributed by atoms with Gasteiger partial charge in [0.15, 0.2) is 29.3 Å². The number of alkyl halides is 2. The first-order chi connectivity index (χ1) is 36.5. The Bertz CT molecular complexity index is 3000. The molecule has 3 unspecified atom stereocenters. The molecular formula is C52H51Cl2F3N4O13S2. The van der Waals surface area contributed by atoms with E-state index >= 15 is 4.39 Å². The normalized spacial score (nSPS) is 19.4. The molecule has 10 rings (SSSR count). The number of ether oxygens (including phenoxy) is 5. The molecule has 1 saturated carbocycles. The second kappa shape index (κ2) is 25.2. The molecule has 1 aromatic heterocycles. The van der Waals surface area contributed by atoms with Gasteiger partial charge in [0.05, 0.1) is 29.3 Å². The van der Waals surface area contributed by atoms with E-state index in [0.29, 0.717) is 22.4 Å². The quantitative estimate of drug-likeness (QED) is 0.0269. The monoisotopic (exact) mass is 1130 g/mol. The Morgan fingerprint density at radius 2 is 1.62 bits per heavy atom. The van der Waals surface area contributed by atoms with Gasteiger partial charge in [0, 0.05) is 30.8 Å². The fourth-order valence-corrected chi connectivity index (χ4v) is 12.8. The fraction of sp³-hybridized carbons (Fsp3) is 0.365. The van der Waals surface area contributed by atoms with Crippen molar-refractivity contribution < 1.29 is 74.3 Å². The Hall–Kier alpha value is -6.30. The van der Waals surface area contributed by atoms with Gasteiger partial charge in [-0.1, -0.05) is 65.7 Å². The highest BCUT2D eigenvalue weighted by atomic mass is 35.5. The molecule has 24 heteroatoms. The molecule has 76 heavy (non-hydrogen) atoms. The van der Waals surface area contributed by atoms with Crippen molar-refractivity contribution in [3.8, 4) is 11.5 Å². The maximum absolute atomic E-state index is 15.2. The SMILES string of the molecule is O=C(OCc1cccc(S(=O)(=O)N2CCSC2C(=O)OC(Cc2c(Cl)c[n+]([O-])cc2Cl)c2ccc(OC(F)F)c(OCC3CC3)c2)c1)c1cccc(CN(C(=O)OC2CN3CCC2CC3)c2ccccc2F)c1.O=CO. The molecule has 5 fully saturated rings. The summed E-state index contributed by atoms with van der Waals surface area (Å²) in [6.45, 7) is -1.20. The summed E-state index contributed by atoms with van der Waals surface area (Å²) >= 11 is 13.9. The molecule has 4 saturated heterocycles. The van der Waals surface area contributed by atoms with E-state index < -0.39 is 52.0 Å². The molecule has 4 aromatic carbocycles. The minimum atomic E-state index is -4.41. The van der Waals surface area contributed by atoms with Crippen molar-refractivity contribution in [1.29, 1.82) is 0 Å². The van der Waals surface area contributed by atoms with Crippen molar-refractivity contribution in [1.82, 2.24) is 9.21 Å². The van der Waals surface area contributed by atoms with Crippen LogP contribution in [0.3, 0.4) is 0 Å². The number of carbonyl (C=O) groups is 4. The largest absolute Gasteiger partial charge is 0.619 e. The van der Waals surface area contributed by atoms with Crippen LogP contribution in [0.15, 0.2) is 108 Å². The summed E-state index contributed by atoms with van der Waals surface area (Å²) in [6, 6.07) is 21.9. The molecule has 17 nitrogen and oxygen atoms in total. The third-order valence-electron chi connectivity index (χ3n) is 13.1. The first-order valence-electron chi connectivity index (χ1n) is 24.0. The van der Waals surface area contributed by atoms with Crippen molar-refractivity contribution in [2.45, 2.75) is 74.3 Å². The van der Waals surface area contributed by atoms with E-state index in [2.05, 4.69) is 4.90 Å². The number of esters is 2. The molecule has 5 heterocycles. The van der Waals surface area contributed by atoms with Gasteiger partial charge in [0.2, 0.25) is 10.0 Å². The van der Waals surface area contributed by atoms with Gasteiger partial charge in [-0.25, -0.2) is 27.2 Å². The Labute approximate surface area is 449 Å². The van der Waals surface area contributed by atoms with Crippen molar-refractivity contribution in [3.63, 3.8) is 0 Å². The number of fused-ring (bicyclic) bond motifs is 3.